The van der Waals surface area contributed by atoms with Gasteiger partial charge in [0.2, 0.25) is 5.78 Å². The number of benzene rings is 1. The monoisotopic (exact) mass is 548 g/mol. The second-order valence-corrected chi connectivity index (χ2v) is 12.5. The van der Waals surface area contributed by atoms with Crippen LogP contribution in [0, 0.1) is 11.8 Å². The van der Waals surface area contributed by atoms with Gasteiger partial charge in [-0.1, -0.05) is 27.7 Å². The van der Waals surface area contributed by atoms with Crippen LogP contribution in [-0.2, 0) is 10.2 Å². The maximum Gasteiger partial charge on any atom is 0.206 e. The minimum atomic E-state index is -2.87. The van der Waals surface area contributed by atoms with E-state index in [9.17, 15) is 40.2 Å². The van der Waals surface area contributed by atoms with Gasteiger partial charge in [0.05, 0.1) is 29.2 Å². The molecule has 11 heteroatoms. The van der Waals surface area contributed by atoms with Gasteiger partial charge in [-0.05, 0) is 43.3 Å². The van der Waals surface area contributed by atoms with Crippen LogP contribution in [0.25, 0.3) is 0 Å². The Kier molecular flexibility index (Phi) is 6.83. The Balaban J connectivity index is 2.09. The highest BCUT2D eigenvalue weighted by Crippen LogP contribution is 2.57. The number of Topliss-reactive ketones (excluding diaryl/α,β-unsaturated/α-hetero) is 2. The summed E-state index contributed by atoms with van der Waals surface area (Å²) >= 11 is 1.38. The summed E-state index contributed by atoms with van der Waals surface area (Å²) in [4.78, 5) is 29.7. The third-order valence-electron chi connectivity index (χ3n) is 8.30. The Bertz CT molecular complexity index is 1290. The van der Waals surface area contributed by atoms with Gasteiger partial charge in [-0.3, -0.25) is 14.5 Å². The number of thioether (sulfide) groups is 1. The summed E-state index contributed by atoms with van der Waals surface area (Å²) in [5.74, 6) is -7.20. The summed E-state index contributed by atoms with van der Waals surface area (Å²) in [5.41, 5.74) is 1.99. The zero-order valence-corrected chi connectivity index (χ0v) is 23.3. The summed E-state index contributed by atoms with van der Waals surface area (Å²) in [5, 5.41) is 67.5. The molecule has 1 unspecified atom stereocenters. The van der Waals surface area contributed by atoms with Crippen molar-refractivity contribution in [1.82, 2.24) is 4.90 Å². The molecule has 1 aromatic carbocycles. The number of carbonyl (C=O) groups is 2. The lowest BCUT2D eigenvalue weighted by atomic mass is 9.55. The van der Waals surface area contributed by atoms with E-state index in [-0.39, 0.29) is 16.9 Å². The molecule has 10 nitrogen and oxygen atoms in total. The Morgan fingerprint density at radius 2 is 1.74 bits per heavy atom. The van der Waals surface area contributed by atoms with Crippen molar-refractivity contribution in [3.8, 4) is 5.75 Å². The number of phenols is 1. The zero-order chi connectivity index (χ0) is 28.8. The number of phenolic OH excluding ortho intramolecular Hbond substituents is 1. The number of likely N-dealkylation sites (N-methyl/N-ethyl adjacent to an activating group) is 1. The van der Waals surface area contributed by atoms with E-state index < -0.39 is 75.8 Å². The highest BCUT2D eigenvalue weighted by molar-refractivity contribution is 7.98. The third-order valence-corrected chi connectivity index (χ3v) is 9.08. The second-order valence-electron chi connectivity index (χ2n) is 11.7. The molecule has 3 aliphatic carbocycles. The fourth-order valence-corrected chi connectivity index (χ4v) is 7.29. The molecule has 0 aromatic heterocycles. The largest absolute Gasteiger partial charge is 0.510 e. The number of nitrogens with two attached hydrogens (primary N) is 1. The van der Waals surface area contributed by atoms with Gasteiger partial charge >= 0.3 is 0 Å². The quantitative estimate of drug-likeness (QED) is 0.214. The van der Waals surface area contributed by atoms with E-state index in [1.807, 2.05) is 33.1 Å². The zero-order valence-electron chi connectivity index (χ0n) is 22.5. The molecule has 0 spiro atoms. The summed E-state index contributed by atoms with van der Waals surface area (Å²) in [6.45, 7) is 7.39. The van der Waals surface area contributed by atoms with Crippen LogP contribution in [0.3, 0.4) is 0 Å². The van der Waals surface area contributed by atoms with Gasteiger partial charge in [0.25, 0.3) is 0 Å². The van der Waals surface area contributed by atoms with Crippen LogP contribution in [0.5, 0.6) is 5.75 Å². The van der Waals surface area contributed by atoms with Crippen molar-refractivity contribution in [2.45, 2.75) is 67.9 Å². The number of nitrogens with zero attached hydrogens (tertiary/aromatic N) is 1. The van der Waals surface area contributed by atoms with Crippen molar-refractivity contribution in [1.29, 1.82) is 0 Å². The molecule has 1 aromatic rings. The molecule has 0 saturated heterocycles. The summed E-state index contributed by atoms with van der Waals surface area (Å²) in [6, 6.07) is 0.587. The normalized spacial score (nSPS) is 32.4. The third kappa shape index (κ3) is 3.60. The molecule has 0 fully saturated rings. The number of hydrogen-bond donors (Lipinski definition) is 7. The van der Waals surface area contributed by atoms with E-state index in [0.717, 1.165) is 4.90 Å². The van der Waals surface area contributed by atoms with Gasteiger partial charge in [-0.2, -0.15) is 0 Å². The van der Waals surface area contributed by atoms with E-state index >= 15 is 0 Å². The van der Waals surface area contributed by atoms with Crippen LogP contribution in [0.1, 0.15) is 55.1 Å². The predicted molar refractivity (Wildman–Crippen MR) is 141 cm³/mol. The van der Waals surface area contributed by atoms with Crippen molar-refractivity contribution in [2.75, 3.05) is 20.4 Å². The highest BCUT2D eigenvalue weighted by atomic mass is 32.2. The lowest BCUT2D eigenvalue weighted by Crippen LogP contribution is -2.68. The van der Waals surface area contributed by atoms with Gasteiger partial charge in [0.15, 0.2) is 11.4 Å². The molecular weight excluding hydrogens is 512 g/mol. The molecule has 0 aliphatic heterocycles. The van der Waals surface area contributed by atoms with Gasteiger partial charge in [-0.15, -0.1) is 11.8 Å². The first-order chi connectivity index (χ1) is 17.4. The van der Waals surface area contributed by atoms with Crippen molar-refractivity contribution in [3.05, 3.63) is 45.4 Å². The molecule has 208 valence electrons. The number of fused-ring (bicyclic) bond motifs is 3. The molecule has 0 bridgehead atoms. The average Bonchev–Trinajstić information content (AvgIpc) is 2.80. The van der Waals surface area contributed by atoms with Gasteiger partial charge in [0.1, 0.15) is 23.5 Å². The fourth-order valence-electron chi connectivity index (χ4n) is 6.54. The minimum Gasteiger partial charge on any atom is -0.510 e. The van der Waals surface area contributed by atoms with Crippen molar-refractivity contribution >= 4 is 23.3 Å². The molecule has 4 rings (SSSR count). The van der Waals surface area contributed by atoms with E-state index in [1.165, 1.54) is 30.8 Å². The number of ketones is 2. The molecule has 0 radical (unpaired) electrons. The molecule has 8 N–H and O–H groups in total. The number of rotatable bonds is 3. The molecule has 3 aliphatic rings. The smallest absolute Gasteiger partial charge is 0.206 e. The fraction of sp³-hybridized carbons (Fsp3) is 0.556. The Morgan fingerprint density at radius 1 is 1.16 bits per heavy atom. The van der Waals surface area contributed by atoms with Crippen LogP contribution in [0.4, 0.5) is 0 Å². The number of aliphatic hydroxyl groups excluding tert-OH is 4. The van der Waals surface area contributed by atoms with Gasteiger partial charge < -0.3 is 36.4 Å². The van der Waals surface area contributed by atoms with Crippen molar-refractivity contribution in [2.24, 2.45) is 17.6 Å². The van der Waals surface area contributed by atoms with Gasteiger partial charge in [-0.25, -0.2) is 0 Å². The number of hydrogen-bond acceptors (Lipinski definition) is 11. The summed E-state index contributed by atoms with van der Waals surface area (Å²) in [6.07, 6.45) is -1.75. The highest BCUT2D eigenvalue weighted by Gasteiger charge is 2.67. The van der Waals surface area contributed by atoms with Crippen molar-refractivity contribution in [3.63, 3.8) is 0 Å². The molecule has 7 atom stereocenters. The first-order valence-corrected chi connectivity index (χ1v) is 13.6. The molecule has 0 heterocycles. The van der Waals surface area contributed by atoms with E-state index in [0.29, 0.717) is 11.1 Å². The standard InChI is InChI=1S/C27H36N2O8S/c1-9-12-11(38-7)8-10(26(2,3)4)19(30)14(12)20(31)15-13(9)21(32)17-18(29(5)6)22(33)16(25(28)36)24(35)27(17,37)23(15)34/h8-9,13,17-18,21,25,30,32-34,36-37H,28H2,1-7H3/t9-,13+,17+,18-,21-,25?,27-/m0/s1. The maximum atomic E-state index is 14.1. The lowest BCUT2D eigenvalue weighted by Gasteiger charge is -2.54. The lowest BCUT2D eigenvalue weighted by molar-refractivity contribution is -0.162. The van der Waals surface area contributed by atoms with Gasteiger partial charge in [0, 0.05) is 21.9 Å². The van der Waals surface area contributed by atoms with E-state index in [4.69, 9.17) is 5.73 Å². The van der Waals surface area contributed by atoms with Crippen LogP contribution in [0.15, 0.2) is 33.6 Å². The predicted octanol–water partition coefficient (Wildman–Crippen LogP) is 1.46. The summed E-state index contributed by atoms with van der Waals surface area (Å²) in [7, 11) is 3.06. The Hall–Kier alpha value is -2.41. The average molecular weight is 549 g/mol. The number of carbonyl (C=O) groups excluding carboxylic acids is 2. The SMILES string of the molecule is CSc1cc(C(C)(C)C)c(O)c2c1[C@H](C)[C@@H]1C(=C(O)[C@]3(O)C(=O)C(C(N)O)=C(O)[C@@H](N(C)C)[C@@H]3[C@H]1O)C2=O. The van der Waals surface area contributed by atoms with Crippen molar-refractivity contribution < 1.29 is 40.2 Å². The molecule has 38 heavy (non-hydrogen) atoms. The van der Waals surface area contributed by atoms with E-state index in [1.54, 1.807) is 6.92 Å². The molecular formula is C27H36N2O8S. The van der Waals surface area contributed by atoms with Crippen LogP contribution in [-0.4, -0.2) is 91.4 Å². The first-order valence-electron chi connectivity index (χ1n) is 12.3. The summed E-state index contributed by atoms with van der Waals surface area (Å²) < 4.78 is 0. The topological polar surface area (TPSA) is 185 Å². The number of aromatic hydroxyl groups is 1. The Labute approximate surface area is 225 Å². The second kappa shape index (κ2) is 9.07. The van der Waals surface area contributed by atoms with Crippen LogP contribution < -0.4 is 5.73 Å². The van der Waals surface area contributed by atoms with Crippen LogP contribution in [0.2, 0.25) is 0 Å². The Morgan fingerprint density at radius 3 is 2.21 bits per heavy atom. The van der Waals surface area contributed by atoms with Crippen LogP contribution >= 0.6 is 11.8 Å². The molecule has 0 saturated carbocycles. The first kappa shape index (κ1) is 28.6. The molecule has 0 amide bonds. The minimum absolute atomic E-state index is 0.0498. The number of aliphatic hydroxyl groups is 5. The maximum absolute atomic E-state index is 14.1. The van der Waals surface area contributed by atoms with E-state index in [2.05, 4.69) is 0 Å².